The number of unbranched alkanes of at least 4 members (excludes halogenated alkanes) is 4. The van der Waals surface area contributed by atoms with E-state index in [9.17, 15) is 19.2 Å². The zero-order valence-corrected chi connectivity index (χ0v) is 26.2. The number of hydrogen-bond acceptors (Lipinski definition) is 6. The molecular weight excluding hydrogens is 596 g/mol. The summed E-state index contributed by atoms with van der Waals surface area (Å²) >= 11 is 0. The predicted octanol–water partition coefficient (Wildman–Crippen LogP) is 5.50. The van der Waals surface area contributed by atoms with Crippen molar-refractivity contribution in [2.45, 2.75) is 44.9 Å². The molecule has 0 aromatic heterocycles. The van der Waals surface area contributed by atoms with E-state index in [2.05, 4.69) is 21.7 Å². The lowest BCUT2D eigenvalue weighted by Crippen LogP contribution is -2.43. The molecule has 4 N–H and O–H groups in total. The zero-order valence-electron chi connectivity index (χ0n) is 26.2. The van der Waals surface area contributed by atoms with Gasteiger partial charge < -0.3 is 9.47 Å². The van der Waals surface area contributed by atoms with Crippen LogP contribution in [0.1, 0.15) is 44.9 Å². The Kier molecular flexibility index (Phi) is 13.8. The molecule has 4 aromatic rings. The predicted molar refractivity (Wildman–Crippen MR) is 180 cm³/mol. The van der Waals surface area contributed by atoms with Crippen molar-refractivity contribution in [2.75, 3.05) is 13.2 Å². The molecule has 0 aliphatic carbocycles. The fourth-order valence-electron chi connectivity index (χ4n) is 4.62. The van der Waals surface area contributed by atoms with Crippen molar-refractivity contribution >= 4 is 23.6 Å². The molecule has 0 saturated heterocycles. The molecule has 0 heterocycles. The summed E-state index contributed by atoms with van der Waals surface area (Å²) in [5.41, 5.74) is 13.8. The number of hydrogen-bond donors (Lipinski definition) is 4. The molecule has 10 nitrogen and oxygen atoms in total. The highest BCUT2D eigenvalue weighted by molar-refractivity contribution is 5.83. The van der Waals surface area contributed by atoms with Gasteiger partial charge in [0.2, 0.25) is 11.8 Å². The first-order valence-electron chi connectivity index (χ1n) is 15.7. The van der Waals surface area contributed by atoms with E-state index in [1.807, 2.05) is 84.9 Å². The molecule has 4 amide bonds. The fraction of sp³-hybridized carbons (Fsp3) is 0.243. The van der Waals surface area contributed by atoms with Crippen molar-refractivity contribution in [1.29, 1.82) is 0 Å². The first kappa shape index (κ1) is 34.2. The molecule has 0 bridgehead atoms. The highest BCUT2D eigenvalue weighted by Gasteiger charge is 2.08. The van der Waals surface area contributed by atoms with Crippen molar-refractivity contribution < 1.29 is 28.7 Å². The third kappa shape index (κ3) is 12.7. The minimum absolute atomic E-state index is 0.222. The molecule has 0 fully saturated rings. The largest absolute Gasteiger partial charge is 0.484 e. The third-order valence-corrected chi connectivity index (χ3v) is 7.15. The topological polar surface area (TPSA) is 135 Å². The first-order chi connectivity index (χ1) is 23.0. The van der Waals surface area contributed by atoms with Gasteiger partial charge in [-0.15, -0.1) is 0 Å². The molecule has 244 valence electrons. The van der Waals surface area contributed by atoms with Gasteiger partial charge in [-0.25, -0.2) is 0 Å². The number of ether oxygens (including phenoxy) is 2. The molecule has 0 unspecified atom stereocenters. The van der Waals surface area contributed by atoms with Gasteiger partial charge in [0.25, 0.3) is 11.8 Å². The molecule has 4 rings (SSSR count). The fourth-order valence-corrected chi connectivity index (χ4v) is 4.62. The van der Waals surface area contributed by atoms with Gasteiger partial charge >= 0.3 is 0 Å². The summed E-state index contributed by atoms with van der Waals surface area (Å²) in [5.74, 6) is -0.370. The second-order valence-corrected chi connectivity index (χ2v) is 10.8. The second kappa shape index (κ2) is 19.0. The van der Waals surface area contributed by atoms with E-state index in [1.165, 1.54) is 0 Å². The van der Waals surface area contributed by atoms with Crippen LogP contribution in [0.15, 0.2) is 109 Å². The molecule has 10 heteroatoms. The first-order valence-corrected chi connectivity index (χ1v) is 15.7. The normalized spacial score (nSPS) is 10.4. The molecule has 0 atom stereocenters. The second-order valence-electron chi connectivity index (χ2n) is 10.8. The Morgan fingerprint density at radius 3 is 1.09 bits per heavy atom. The van der Waals surface area contributed by atoms with Crippen LogP contribution >= 0.6 is 0 Å². The molecule has 0 spiro atoms. The summed E-state index contributed by atoms with van der Waals surface area (Å²) in [6.45, 7) is -0.445. The van der Waals surface area contributed by atoms with Crippen LogP contribution in [0.2, 0.25) is 0 Å². The average Bonchev–Trinajstić information content (AvgIpc) is 3.12. The van der Waals surface area contributed by atoms with Crippen LogP contribution in [0.4, 0.5) is 0 Å². The van der Waals surface area contributed by atoms with Gasteiger partial charge in [-0.2, -0.15) is 0 Å². The van der Waals surface area contributed by atoms with Crippen LogP contribution in [0.5, 0.6) is 11.5 Å². The lowest BCUT2D eigenvalue weighted by atomic mass is 10.1. The minimum Gasteiger partial charge on any atom is -0.484 e. The van der Waals surface area contributed by atoms with Gasteiger partial charge in [0, 0.05) is 12.8 Å². The van der Waals surface area contributed by atoms with Gasteiger partial charge in [-0.3, -0.25) is 40.9 Å². The van der Waals surface area contributed by atoms with Gasteiger partial charge in [0.05, 0.1) is 0 Å². The minimum atomic E-state index is -0.457. The van der Waals surface area contributed by atoms with E-state index in [4.69, 9.17) is 9.47 Å². The Labute approximate surface area is 274 Å². The van der Waals surface area contributed by atoms with Crippen LogP contribution in [0.25, 0.3) is 22.3 Å². The van der Waals surface area contributed by atoms with Crippen LogP contribution in [-0.2, 0) is 19.2 Å². The molecule has 4 aromatic carbocycles. The molecule has 47 heavy (non-hydrogen) atoms. The Hall–Kier alpha value is -5.64. The van der Waals surface area contributed by atoms with Gasteiger partial charge in [-0.1, -0.05) is 104 Å². The summed E-state index contributed by atoms with van der Waals surface area (Å²) in [6.07, 6.45) is 4.33. The Bertz CT molecular complexity index is 1440. The van der Waals surface area contributed by atoms with E-state index in [0.717, 1.165) is 41.5 Å². The Morgan fingerprint density at radius 1 is 0.383 bits per heavy atom. The SMILES string of the molecule is O=C(CCCCCCCC(=O)NNC(=O)COc1ccc(-c2ccccc2)cc1)NNC(=O)COc1ccc(-c2ccccc2)cc1. The van der Waals surface area contributed by atoms with Crippen molar-refractivity contribution in [2.24, 2.45) is 0 Å². The third-order valence-electron chi connectivity index (χ3n) is 7.15. The maximum atomic E-state index is 12.0. The number of benzene rings is 4. The van der Waals surface area contributed by atoms with Crippen molar-refractivity contribution in [3.63, 3.8) is 0 Å². The standard InChI is InChI=1S/C37H40N4O6/c42-34(38-40-36(44)26-46-32-22-18-30(19-23-32)28-12-6-4-7-13-28)16-10-2-1-3-11-17-35(43)39-41-37(45)27-47-33-24-20-31(21-25-33)29-14-8-5-9-15-29/h4-9,12-15,18-25H,1-3,10-11,16-17,26-27H2,(H,38,42)(H,39,43)(H,40,44)(H,41,45). The highest BCUT2D eigenvalue weighted by atomic mass is 16.5. The van der Waals surface area contributed by atoms with E-state index in [1.54, 1.807) is 24.3 Å². The van der Waals surface area contributed by atoms with Crippen LogP contribution in [0.3, 0.4) is 0 Å². The molecular formula is C37H40N4O6. The lowest BCUT2D eigenvalue weighted by molar-refractivity contribution is -0.130. The number of carbonyl (C=O) groups is 4. The highest BCUT2D eigenvalue weighted by Crippen LogP contribution is 2.23. The van der Waals surface area contributed by atoms with Crippen molar-refractivity contribution in [3.8, 4) is 33.8 Å². The monoisotopic (exact) mass is 636 g/mol. The molecule has 0 aliphatic heterocycles. The van der Waals surface area contributed by atoms with Crippen LogP contribution in [-0.4, -0.2) is 36.8 Å². The van der Waals surface area contributed by atoms with Crippen molar-refractivity contribution in [1.82, 2.24) is 21.7 Å². The van der Waals surface area contributed by atoms with Gasteiger partial charge in [0.15, 0.2) is 13.2 Å². The maximum absolute atomic E-state index is 12.0. The zero-order chi connectivity index (χ0) is 33.1. The van der Waals surface area contributed by atoms with Gasteiger partial charge in [0.1, 0.15) is 11.5 Å². The van der Waals surface area contributed by atoms with Crippen LogP contribution in [0, 0.1) is 0 Å². The number of carbonyl (C=O) groups excluding carboxylic acids is 4. The van der Waals surface area contributed by atoms with E-state index < -0.39 is 11.8 Å². The van der Waals surface area contributed by atoms with Gasteiger partial charge in [-0.05, 0) is 59.4 Å². The molecule has 0 saturated carbocycles. The summed E-state index contributed by atoms with van der Waals surface area (Å²) in [5, 5.41) is 0. The summed E-state index contributed by atoms with van der Waals surface area (Å²) < 4.78 is 11.0. The maximum Gasteiger partial charge on any atom is 0.276 e. The number of rotatable bonds is 16. The van der Waals surface area contributed by atoms with E-state index in [0.29, 0.717) is 24.3 Å². The Balaban J connectivity index is 0.960. The van der Waals surface area contributed by atoms with Crippen LogP contribution < -0.4 is 31.2 Å². The number of amides is 4. The van der Waals surface area contributed by atoms with E-state index in [-0.39, 0.29) is 37.9 Å². The van der Waals surface area contributed by atoms with Crippen molar-refractivity contribution in [3.05, 3.63) is 109 Å². The summed E-state index contributed by atoms with van der Waals surface area (Å²) in [7, 11) is 0. The lowest BCUT2D eigenvalue weighted by Gasteiger charge is -2.10. The quantitative estimate of drug-likeness (QED) is 0.0948. The van der Waals surface area contributed by atoms with E-state index >= 15 is 0 Å². The molecule has 0 radical (unpaired) electrons. The number of nitrogens with one attached hydrogen (secondary N) is 4. The summed E-state index contributed by atoms with van der Waals surface area (Å²) in [4.78, 5) is 48.1. The smallest absolute Gasteiger partial charge is 0.276 e. The average molecular weight is 637 g/mol. The number of hydrazine groups is 2. The summed E-state index contributed by atoms with van der Waals surface area (Å²) in [6, 6.07) is 34.7. The Morgan fingerprint density at radius 2 is 0.702 bits per heavy atom. The molecule has 0 aliphatic rings.